The van der Waals surface area contributed by atoms with Crippen LogP contribution in [0.1, 0.15) is 11.1 Å². The van der Waals surface area contributed by atoms with Gasteiger partial charge in [-0.1, -0.05) is 27.5 Å². The number of anilines is 1. The lowest BCUT2D eigenvalue weighted by Gasteiger charge is -2.31. The summed E-state index contributed by atoms with van der Waals surface area (Å²) < 4.78 is 24.3. The number of benzene rings is 2. The Labute approximate surface area is 158 Å². The van der Waals surface area contributed by atoms with E-state index in [0.29, 0.717) is 30.2 Å². The highest BCUT2D eigenvalue weighted by molar-refractivity contribution is 9.10. The van der Waals surface area contributed by atoms with Gasteiger partial charge in [0.25, 0.3) is 5.69 Å². The van der Waals surface area contributed by atoms with Crippen LogP contribution in [0.4, 0.5) is 11.4 Å². The van der Waals surface area contributed by atoms with Crippen molar-refractivity contribution < 1.29 is 13.3 Å². The second kappa shape index (κ2) is 6.59. The average molecular weight is 446 g/mol. The van der Waals surface area contributed by atoms with E-state index in [4.69, 9.17) is 11.6 Å². The Morgan fingerprint density at radius 2 is 1.96 bits per heavy atom. The second-order valence-corrected chi connectivity index (χ2v) is 9.11. The molecule has 6 nitrogen and oxygen atoms in total. The van der Waals surface area contributed by atoms with Gasteiger partial charge in [0.2, 0.25) is 0 Å². The summed E-state index contributed by atoms with van der Waals surface area (Å²) in [6.45, 7) is 0.998. The van der Waals surface area contributed by atoms with E-state index in [0.717, 1.165) is 27.9 Å². The maximum Gasteiger partial charge on any atom is 0.293 e. The number of nitro groups is 1. The highest BCUT2D eigenvalue weighted by Gasteiger charge is 2.27. The fourth-order valence-corrected chi connectivity index (χ4v) is 4.39. The fraction of sp³-hybridized carbons (Fsp3) is 0.250. The molecule has 2 aromatic rings. The number of halogens is 2. The van der Waals surface area contributed by atoms with Gasteiger partial charge in [-0.05, 0) is 41.8 Å². The number of hydrogen-bond donors (Lipinski definition) is 0. The maximum atomic E-state index is 11.7. The summed E-state index contributed by atoms with van der Waals surface area (Å²) in [7, 11) is -3.52. The van der Waals surface area contributed by atoms with Gasteiger partial charge < -0.3 is 4.90 Å². The van der Waals surface area contributed by atoms with Crippen molar-refractivity contribution in [3.8, 4) is 0 Å². The minimum atomic E-state index is -3.52. The lowest BCUT2D eigenvalue weighted by molar-refractivity contribution is -0.384. The second-order valence-electron chi connectivity index (χ2n) is 5.84. The average Bonchev–Trinajstić information content (AvgIpc) is 2.56. The molecule has 0 amide bonds. The summed E-state index contributed by atoms with van der Waals surface area (Å²) in [5.41, 5.74) is 2.18. The van der Waals surface area contributed by atoms with Gasteiger partial charge in [0, 0.05) is 34.9 Å². The number of nitro benzene ring substituents is 1. The van der Waals surface area contributed by atoms with Gasteiger partial charge in [-0.3, -0.25) is 10.1 Å². The number of fused-ring (bicyclic) bond motifs is 1. The first-order valence-corrected chi connectivity index (χ1v) is 10.4. The third-order valence-electron chi connectivity index (χ3n) is 4.21. The van der Waals surface area contributed by atoms with E-state index in [2.05, 4.69) is 15.9 Å². The Morgan fingerprint density at radius 1 is 1.24 bits per heavy atom. The Bertz CT molecular complexity index is 978. The van der Waals surface area contributed by atoms with E-state index in [9.17, 15) is 18.5 Å². The smallest absolute Gasteiger partial charge is 0.293 e. The molecule has 0 saturated heterocycles. The van der Waals surface area contributed by atoms with Crippen molar-refractivity contribution in [3.63, 3.8) is 0 Å². The van der Waals surface area contributed by atoms with Crippen LogP contribution >= 0.6 is 27.5 Å². The molecule has 132 valence electrons. The Morgan fingerprint density at radius 3 is 2.60 bits per heavy atom. The molecule has 0 spiro atoms. The Hall–Kier alpha value is -1.64. The standard InChI is InChI=1S/C16H14BrClN2O4S/c1-25(23,24)10-2-5-15(16(8-10)20(21)22)19-7-6-11-12(9-19)14(18)4-3-13(11)17/h2-5,8H,6-7,9H2,1H3. The van der Waals surface area contributed by atoms with Crippen LogP contribution < -0.4 is 4.90 Å². The summed E-state index contributed by atoms with van der Waals surface area (Å²) >= 11 is 9.80. The van der Waals surface area contributed by atoms with E-state index in [1.54, 1.807) is 6.07 Å². The predicted molar refractivity (Wildman–Crippen MR) is 100 cm³/mol. The first-order chi connectivity index (χ1) is 11.7. The van der Waals surface area contributed by atoms with Gasteiger partial charge in [0.1, 0.15) is 5.69 Å². The van der Waals surface area contributed by atoms with Crippen molar-refractivity contribution in [2.24, 2.45) is 0 Å². The van der Waals surface area contributed by atoms with Gasteiger partial charge in [0.15, 0.2) is 9.84 Å². The van der Waals surface area contributed by atoms with E-state index >= 15 is 0 Å². The molecule has 0 atom stereocenters. The normalized spacial score (nSPS) is 14.3. The predicted octanol–water partition coefficient (Wildman–Crippen LogP) is 3.98. The quantitative estimate of drug-likeness (QED) is 0.527. The van der Waals surface area contributed by atoms with Crippen LogP contribution in [-0.2, 0) is 22.8 Å². The van der Waals surface area contributed by atoms with Crippen LogP contribution in [0.2, 0.25) is 5.02 Å². The zero-order valence-electron chi connectivity index (χ0n) is 13.2. The molecule has 0 unspecified atom stereocenters. The van der Waals surface area contributed by atoms with Crippen LogP contribution in [0.15, 0.2) is 39.7 Å². The topological polar surface area (TPSA) is 80.5 Å². The molecule has 1 heterocycles. The van der Waals surface area contributed by atoms with E-state index in [1.807, 2.05) is 11.0 Å². The van der Waals surface area contributed by atoms with Gasteiger partial charge >= 0.3 is 0 Å². The Balaban J connectivity index is 2.06. The van der Waals surface area contributed by atoms with Crippen molar-refractivity contribution in [2.75, 3.05) is 17.7 Å². The highest BCUT2D eigenvalue weighted by Crippen LogP contribution is 2.37. The van der Waals surface area contributed by atoms with Crippen LogP contribution in [-0.4, -0.2) is 26.1 Å². The summed E-state index contributed by atoms with van der Waals surface area (Å²) in [5, 5.41) is 12.1. The molecular formula is C16H14BrClN2O4S. The van der Waals surface area contributed by atoms with E-state index in [1.165, 1.54) is 12.1 Å². The minimum absolute atomic E-state index is 0.0684. The fourth-order valence-electron chi connectivity index (χ4n) is 2.95. The summed E-state index contributed by atoms with van der Waals surface area (Å²) in [4.78, 5) is 12.7. The molecule has 1 aliphatic rings. The molecule has 0 radical (unpaired) electrons. The van der Waals surface area contributed by atoms with Crippen molar-refractivity contribution in [1.29, 1.82) is 0 Å². The number of hydrogen-bond acceptors (Lipinski definition) is 5. The van der Waals surface area contributed by atoms with Crippen molar-refractivity contribution in [1.82, 2.24) is 0 Å². The third-order valence-corrected chi connectivity index (χ3v) is 6.42. The van der Waals surface area contributed by atoms with Crippen molar-refractivity contribution in [2.45, 2.75) is 17.9 Å². The molecule has 0 fully saturated rings. The van der Waals surface area contributed by atoms with Crippen molar-refractivity contribution >= 4 is 48.7 Å². The first-order valence-electron chi connectivity index (χ1n) is 7.37. The molecule has 0 aliphatic carbocycles. The summed E-state index contributed by atoms with van der Waals surface area (Å²) in [6, 6.07) is 7.68. The van der Waals surface area contributed by atoms with E-state index < -0.39 is 14.8 Å². The van der Waals surface area contributed by atoms with Gasteiger partial charge in [-0.15, -0.1) is 0 Å². The minimum Gasteiger partial charge on any atom is -0.361 e. The zero-order valence-corrected chi connectivity index (χ0v) is 16.4. The van der Waals surface area contributed by atoms with Crippen molar-refractivity contribution in [3.05, 3.63) is 61.1 Å². The molecule has 2 aromatic carbocycles. The zero-order chi connectivity index (χ0) is 18.4. The summed E-state index contributed by atoms with van der Waals surface area (Å²) in [6.07, 6.45) is 1.71. The first kappa shape index (κ1) is 18.2. The highest BCUT2D eigenvalue weighted by atomic mass is 79.9. The SMILES string of the molecule is CS(=O)(=O)c1ccc(N2CCc3c(Br)ccc(Cl)c3C2)c([N+](=O)[O-])c1. The maximum absolute atomic E-state index is 11.7. The van der Waals surface area contributed by atoms with Crippen LogP contribution in [0, 0.1) is 10.1 Å². The van der Waals surface area contributed by atoms with Gasteiger partial charge in [-0.2, -0.15) is 0 Å². The molecule has 3 rings (SSSR count). The molecule has 0 bridgehead atoms. The molecule has 9 heteroatoms. The number of sulfone groups is 1. The third kappa shape index (κ3) is 3.51. The largest absolute Gasteiger partial charge is 0.361 e. The molecule has 1 aliphatic heterocycles. The van der Waals surface area contributed by atoms with E-state index in [-0.39, 0.29) is 10.6 Å². The molecule has 0 saturated carbocycles. The van der Waals surface area contributed by atoms with Gasteiger partial charge in [-0.25, -0.2) is 8.42 Å². The monoisotopic (exact) mass is 444 g/mol. The van der Waals surface area contributed by atoms with Gasteiger partial charge in [0.05, 0.1) is 9.82 Å². The summed E-state index contributed by atoms with van der Waals surface area (Å²) in [5.74, 6) is 0. The van der Waals surface area contributed by atoms with Crippen LogP contribution in [0.25, 0.3) is 0 Å². The molecule has 0 aromatic heterocycles. The molecular weight excluding hydrogens is 432 g/mol. The number of rotatable bonds is 3. The lowest BCUT2D eigenvalue weighted by Crippen LogP contribution is -2.31. The molecule has 0 N–H and O–H groups in total. The number of nitrogens with zero attached hydrogens (tertiary/aromatic N) is 2. The van der Waals surface area contributed by atoms with Crippen LogP contribution in [0.3, 0.4) is 0 Å². The Kier molecular flexibility index (Phi) is 4.78. The lowest BCUT2D eigenvalue weighted by atomic mass is 9.99. The van der Waals surface area contributed by atoms with Crippen LogP contribution in [0.5, 0.6) is 0 Å². The molecule has 25 heavy (non-hydrogen) atoms.